The zero-order valence-electron chi connectivity index (χ0n) is 11.4. The summed E-state index contributed by atoms with van der Waals surface area (Å²) in [6.45, 7) is 6.16. The summed E-state index contributed by atoms with van der Waals surface area (Å²) in [5.41, 5.74) is 0.230. The van der Waals surface area contributed by atoms with Crippen LogP contribution in [0.4, 0.5) is 5.69 Å². The van der Waals surface area contributed by atoms with Gasteiger partial charge >= 0.3 is 0 Å². The van der Waals surface area contributed by atoms with Crippen molar-refractivity contribution in [3.05, 3.63) is 33.9 Å². The van der Waals surface area contributed by atoms with E-state index in [1.807, 2.05) is 20.8 Å². The van der Waals surface area contributed by atoms with Gasteiger partial charge < -0.3 is 15.5 Å². The Hall–Kier alpha value is -1.66. The topological polar surface area (TPSA) is 95.6 Å². The molecule has 6 nitrogen and oxygen atoms in total. The Bertz CT molecular complexity index is 454. The summed E-state index contributed by atoms with van der Waals surface area (Å²) in [7, 11) is 0. The van der Waals surface area contributed by atoms with Gasteiger partial charge in [0, 0.05) is 30.3 Å². The van der Waals surface area contributed by atoms with Gasteiger partial charge in [-0.2, -0.15) is 0 Å². The molecule has 6 heteroatoms. The van der Waals surface area contributed by atoms with Crippen LogP contribution in [0.1, 0.15) is 26.3 Å². The van der Waals surface area contributed by atoms with Crippen molar-refractivity contribution in [1.29, 1.82) is 0 Å². The van der Waals surface area contributed by atoms with Crippen molar-refractivity contribution in [2.24, 2.45) is 5.41 Å². The molecule has 0 amide bonds. The van der Waals surface area contributed by atoms with Gasteiger partial charge in [0.05, 0.1) is 11.5 Å². The summed E-state index contributed by atoms with van der Waals surface area (Å²) < 4.78 is 0. The number of nitrogens with zero attached hydrogens (tertiary/aromatic N) is 1. The second-order valence-electron chi connectivity index (χ2n) is 5.55. The SMILES string of the molecule is CC(C)(C)C(CO)NCc1cc([N+](=O)[O-])ccc1O. The largest absolute Gasteiger partial charge is 0.508 e. The highest BCUT2D eigenvalue weighted by Gasteiger charge is 2.23. The van der Waals surface area contributed by atoms with Crippen molar-refractivity contribution < 1.29 is 15.1 Å². The highest BCUT2D eigenvalue weighted by molar-refractivity contribution is 5.42. The van der Waals surface area contributed by atoms with Gasteiger partial charge in [-0.15, -0.1) is 0 Å². The molecule has 1 aromatic rings. The molecule has 3 N–H and O–H groups in total. The van der Waals surface area contributed by atoms with Crippen LogP contribution in [0.2, 0.25) is 0 Å². The molecule has 0 saturated heterocycles. The highest BCUT2D eigenvalue weighted by Crippen LogP contribution is 2.24. The normalized spacial score (nSPS) is 13.3. The van der Waals surface area contributed by atoms with Crippen LogP contribution in [-0.2, 0) is 6.54 Å². The fourth-order valence-electron chi connectivity index (χ4n) is 1.70. The van der Waals surface area contributed by atoms with Crippen molar-refractivity contribution in [3.63, 3.8) is 0 Å². The Kier molecular flexibility index (Phi) is 4.85. The first kappa shape index (κ1) is 15.4. The number of nitro benzene ring substituents is 1. The third kappa shape index (κ3) is 4.18. The number of aliphatic hydroxyl groups is 1. The van der Waals surface area contributed by atoms with Crippen LogP contribution in [-0.4, -0.2) is 27.8 Å². The smallest absolute Gasteiger partial charge is 0.270 e. The van der Waals surface area contributed by atoms with Crippen LogP contribution in [0, 0.1) is 15.5 Å². The van der Waals surface area contributed by atoms with Crippen LogP contribution in [0.3, 0.4) is 0 Å². The van der Waals surface area contributed by atoms with E-state index in [9.17, 15) is 20.3 Å². The third-order valence-electron chi connectivity index (χ3n) is 3.04. The zero-order chi connectivity index (χ0) is 14.6. The zero-order valence-corrected chi connectivity index (χ0v) is 11.4. The van der Waals surface area contributed by atoms with Gasteiger partial charge in [0.2, 0.25) is 0 Å². The van der Waals surface area contributed by atoms with E-state index in [0.29, 0.717) is 5.56 Å². The van der Waals surface area contributed by atoms with Gasteiger partial charge in [-0.25, -0.2) is 0 Å². The molecule has 1 rings (SSSR count). The van der Waals surface area contributed by atoms with Crippen LogP contribution < -0.4 is 5.32 Å². The monoisotopic (exact) mass is 268 g/mol. The summed E-state index contributed by atoms with van der Waals surface area (Å²) in [5.74, 6) is 0.00342. The number of non-ortho nitro benzene ring substituents is 1. The van der Waals surface area contributed by atoms with E-state index in [1.165, 1.54) is 18.2 Å². The van der Waals surface area contributed by atoms with Gasteiger partial charge in [-0.05, 0) is 11.5 Å². The van der Waals surface area contributed by atoms with E-state index in [0.717, 1.165) is 0 Å². The van der Waals surface area contributed by atoms with Gasteiger partial charge in [-0.1, -0.05) is 20.8 Å². The van der Waals surface area contributed by atoms with Gasteiger partial charge in [-0.3, -0.25) is 10.1 Å². The molecule has 0 spiro atoms. The quantitative estimate of drug-likeness (QED) is 0.559. The molecule has 0 bridgehead atoms. The number of benzene rings is 1. The molecule has 0 aliphatic heterocycles. The van der Waals surface area contributed by atoms with Crippen LogP contribution in [0.25, 0.3) is 0 Å². The van der Waals surface area contributed by atoms with Crippen molar-refractivity contribution in [3.8, 4) is 5.75 Å². The van der Waals surface area contributed by atoms with Gasteiger partial charge in [0.1, 0.15) is 5.75 Å². The molecule has 0 aliphatic carbocycles. The second kappa shape index (κ2) is 5.99. The van der Waals surface area contributed by atoms with E-state index in [2.05, 4.69) is 5.32 Å². The van der Waals surface area contributed by atoms with E-state index >= 15 is 0 Å². The highest BCUT2D eigenvalue weighted by atomic mass is 16.6. The number of aromatic hydroxyl groups is 1. The average Bonchev–Trinajstić information content (AvgIpc) is 2.30. The Morgan fingerprint density at radius 3 is 2.53 bits per heavy atom. The maximum Gasteiger partial charge on any atom is 0.270 e. The first-order valence-electron chi connectivity index (χ1n) is 6.06. The minimum Gasteiger partial charge on any atom is -0.508 e. The lowest BCUT2D eigenvalue weighted by molar-refractivity contribution is -0.384. The fraction of sp³-hybridized carbons (Fsp3) is 0.538. The lowest BCUT2D eigenvalue weighted by atomic mass is 9.87. The molecule has 1 aromatic carbocycles. The Balaban J connectivity index is 2.82. The minimum absolute atomic E-state index is 0.00342. The lowest BCUT2D eigenvalue weighted by Gasteiger charge is -2.30. The molecule has 0 fully saturated rings. The summed E-state index contributed by atoms with van der Waals surface area (Å²) in [6.07, 6.45) is 0. The predicted molar refractivity (Wildman–Crippen MR) is 71.9 cm³/mol. The number of nitrogens with one attached hydrogen (secondary N) is 1. The molecule has 0 radical (unpaired) electrons. The number of nitro groups is 1. The molecule has 0 saturated carbocycles. The van der Waals surface area contributed by atoms with Crippen LogP contribution >= 0.6 is 0 Å². The Morgan fingerprint density at radius 2 is 2.05 bits per heavy atom. The van der Waals surface area contributed by atoms with E-state index in [-0.39, 0.29) is 36.0 Å². The standard InChI is InChI=1S/C13H20N2O4/c1-13(2,3)12(8-16)14-7-9-6-10(15(18)19)4-5-11(9)17/h4-6,12,14,16-17H,7-8H2,1-3H3. The van der Waals surface area contributed by atoms with E-state index < -0.39 is 4.92 Å². The maximum absolute atomic E-state index is 10.7. The van der Waals surface area contributed by atoms with Gasteiger partial charge in [0.25, 0.3) is 5.69 Å². The summed E-state index contributed by atoms with van der Waals surface area (Å²) >= 11 is 0. The molecular formula is C13H20N2O4. The van der Waals surface area contributed by atoms with Crippen molar-refractivity contribution in [1.82, 2.24) is 5.32 Å². The van der Waals surface area contributed by atoms with Crippen LogP contribution in [0.15, 0.2) is 18.2 Å². The number of hydrogen-bond acceptors (Lipinski definition) is 5. The second-order valence-corrected chi connectivity index (χ2v) is 5.55. The maximum atomic E-state index is 10.7. The first-order chi connectivity index (χ1) is 8.75. The summed E-state index contributed by atoms with van der Waals surface area (Å²) in [6, 6.07) is 3.73. The molecule has 106 valence electrons. The summed E-state index contributed by atoms with van der Waals surface area (Å²) in [5, 5.41) is 32.8. The van der Waals surface area contributed by atoms with Crippen molar-refractivity contribution in [2.45, 2.75) is 33.4 Å². The molecular weight excluding hydrogens is 248 g/mol. The summed E-state index contributed by atoms with van der Waals surface area (Å²) in [4.78, 5) is 10.2. The third-order valence-corrected chi connectivity index (χ3v) is 3.04. The predicted octanol–water partition coefficient (Wildman–Crippen LogP) is 1.80. The lowest BCUT2D eigenvalue weighted by Crippen LogP contribution is -2.42. The molecule has 19 heavy (non-hydrogen) atoms. The molecule has 0 aromatic heterocycles. The van der Waals surface area contributed by atoms with Gasteiger partial charge in [0.15, 0.2) is 0 Å². The van der Waals surface area contributed by atoms with Crippen molar-refractivity contribution >= 4 is 5.69 Å². The Labute approximate surface area is 112 Å². The number of phenolic OH excluding ortho intramolecular Hbond substituents is 1. The van der Waals surface area contributed by atoms with Crippen LogP contribution in [0.5, 0.6) is 5.75 Å². The molecule has 1 atom stereocenters. The number of aliphatic hydroxyl groups excluding tert-OH is 1. The number of rotatable bonds is 5. The molecule has 0 aliphatic rings. The first-order valence-corrected chi connectivity index (χ1v) is 6.06. The average molecular weight is 268 g/mol. The number of hydrogen-bond donors (Lipinski definition) is 3. The minimum atomic E-state index is -0.504. The fourth-order valence-corrected chi connectivity index (χ4v) is 1.70. The van der Waals surface area contributed by atoms with Crippen molar-refractivity contribution in [2.75, 3.05) is 6.61 Å². The van der Waals surface area contributed by atoms with E-state index in [4.69, 9.17) is 0 Å². The molecule has 1 unspecified atom stereocenters. The molecule has 0 heterocycles. The number of phenols is 1. The van der Waals surface area contributed by atoms with E-state index in [1.54, 1.807) is 0 Å². The Morgan fingerprint density at radius 1 is 1.42 bits per heavy atom.